The molecule has 5 nitrogen and oxygen atoms in total. The molecule has 26 heavy (non-hydrogen) atoms. The Morgan fingerprint density at radius 2 is 2.19 bits per heavy atom. The fourth-order valence-electron chi connectivity index (χ4n) is 2.97. The number of carbonyl (C=O) groups excluding carboxylic acids is 1. The Bertz CT molecular complexity index is 1070. The van der Waals surface area contributed by atoms with E-state index >= 15 is 0 Å². The van der Waals surface area contributed by atoms with Crippen molar-refractivity contribution < 1.29 is 9.21 Å². The quantitative estimate of drug-likeness (QED) is 0.568. The summed E-state index contributed by atoms with van der Waals surface area (Å²) in [6, 6.07) is 11.5. The second-order valence-corrected chi connectivity index (χ2v) is 7.02. The molecule has 4 rings (SSSR count). The molecule has 0 radical (unpaired) electrons. The lowest BCUT2D eigenvalue weighted by Gasteiger charge is -2.02. The van der Waals surface area contributed by atoms with E-state index in [0.717, 1.165) is 39.9 Å². The van der Waals surface area contributed by atoms with Crippen LogP contribution in [0.4, 0.5) is 0 Å². The zero-order valence-electron chi connectivity index (χ0n) is 14.7. The summed E-state index contributed by atoms with van der Waals surface area (Å²) in [4.78, 5) is 17.4. The van der Waals surface area contributed by atoms with Gasteiger partial charge in [-0.25, -0.2) is 4.98 Å². The predicted octanol–water partition coefficient (Wildman–Crippen LogP) is 4.46. The van der Waals surface area contributed by atoms with Crippen LogP contribution >= 0.6 is 11.3 Å². The summed E-state index contributed by atoms with van der Waals surface area (Å²) in [6.45, 7) is 4.34. The molecule has 4 aromatic heterocycles. The van der Waals surface area contributed by atoms with Crippen molar-refractivity contribution in [2.24, 2.45) is 0 Å². The van der Waals surface area contributed by atoms with Crippen molar-refractivity contribution in [3.05, 3.63) is 70.1 Å². The average molecular weight is 365 g/mol. The van der Waals surface area contributed by atoms with Gasteiger partial charge in [0, 0.05) is 11.6 Å². The topological polar surface area (TPSA) is 59.5 Å². The molecular formula is C20H19N3O2S. The third-order valence-corrected chi connectivity index (χ3v) is 5.25. The van der Waals surface area contributed by atoms with Crippen LogP contribution in [0.3, 0.4) is 0 Å². The zero-order valence-corrected chi connectivity index (χ0v) is 15.5. The van der Waals surface area contributed by atoms with Gasteiger partial charge in [0.25, 0.3) is 5.91 Å². The summed E-state index contributed by atoms with van der Waals surface area (Å²) in [5.74, 6) is 1.45. The van der Waals surface area contributed by atoms with Gasteiger partial charge in [-0.1, -0.05) is 13.0 Å². The maximum Gasteiger partial charge on any atom is 0.253 e. The molecule has 0 aliphatic rings. The second-order valence-electron chi connectivity index (χ2n) is 6.07. The number of nitrogens with one attached hydrogen (secondary N) is 1. The summed E-state index contributed by atoms with van der Waals surface area (Å²) in [6.07, 6.45) is 2.87. The van der Waals surface area contributed by atoms with E-state index < -0.39 is 0 Å². The Morgan fingerprint density at radius 1 is 1.31 bits per heavy atom. The number of pyridine rings is 1. The van der Waals surface area contributed by atoms with Gasteiger partial charge in [-0.3, -0.25) is 4.79 Å². The standard InChI is InChI=1S/C20H19N3O2S/c1-3-19-22-16(12-26-19)18-10-15(17-6-4-5-9-23(17)18)20(24)21-11-14-8-7-13(2)25-14/h4-10,12H,3,11H2,1-2H3,(H,21,24). The molecular weight excluding hydrogens is 346 g/mol. The van der Waals surface area contributed by atoms with Gasteiger partial charge in [0.05, 0.1) is 34.0 Å². The lowest BCUT2D eigenvalue weighted by molar-refractivity contribution is 0.0949. The smallest absolute Gasteiger partial charge is 0.253 e. The highest BCUT2D eigenvalue weighted by molar-refractivity contribution is 7.09. The number of hydrogen-bond acceptors (Lipinski definition) is 4. The number of aryl methyl sites for hydroxylation is 2. The monoisotopic (exact) mass is 365 g/mol. The fraction of sp³-hybridized carbons (Fsp3) is 0.200. The SMILES string of the molecule is CCc1nc(-c2cc(C(=O)NCc3ccc(C)o3)c3ccccn23)cs1. The molecule has 0 unspecified atom stereocenters. The first-order chi connectivity index (χ1) is 12.7. The van der Waals surface area contributed by atoms with Crippen LogP contribution < -0.4 is 5.32 Å². The maximum absolute atomic E-state index is 12.8. The fourth-order valence-corrected chi connectivity index (χ4v) is 3.70. The second kappa shape index (κ2) is 6.80. The number of nitrogens with zero attached hydrogens (tertiary/aromatic N) is 2. The third-order valence-electron chi connectivity index (χ3n) is 4.26. The van der Waals surface area contributed by atoms with Crippen molar-refractivity contribution in [2.75, 3.05) is 0 Å². The van der Waals surface area contributed by atoms with Crippen LogP contribution in [0, 0.1) is 6.92 Å². The molecule has 4 aromatic rings. The van der Waals surface area contributed by atoms with Gasteiger partial charge in [0.2, 0.25) is 0 Å². The minimum Gasteiger partial charge on any atom is -0.465 e. The van der Waals surface area contributed by atoms with E-state index in [1.165, 1.54) is 0 Å². The van der Waals surface area contributed by atoms with Crippen molar-refractivity contribution in [2.45, 2.75) is 26.8 Å². The highest BCUT2D eigenvalue weighted by Gasteiger charge is 2.18. The number of aromatic nitrogens is 2. The third kappa shape index (κ3) is 3.04. The van der Waals surface area contributed by atoms with Crippen molar-refractivity contribution in [3.63, 3.8) is 0 Å². The first-order valence-electron chi connectivity index (χ1n) is 8.54. The molecule has 0 atom stereocenters. The molecule has 0 saturated carbocycles. The highest BCUT2D eigenvalue weighted by atomic mass is 32.1. The number of rotatable bonds is 5. The molecule has 0 spiro atoms. The lowest BCUT2D eigenvalue weighted by Crippen LogP contribution is -2.22. The number of hydrogen-bond donors (Lipinski definition) is 1. The van der Waals surface area contributed by atoms with E-state index in [4.69, 9.17) is 4.42 Å². The Kier molecular flexibility index (Phi) is 4.34. The highest BCUT2D eigenvalue weighted by Crippen LogP contribution is 2.27. The Labute approximate surface area is 155 Å². The molecule has 0 saturated heterocycles. The van der Waals surface area contributed by atoms with Gasteiger partial charge in [0.15, 0.2) is 0 Å². The van der Waals surface area contributed by atoms with Crippen molar-refractivity contribution in [3.8, 4) is 11.4 Å². The van der Waals surface area contributed by atoms with Gasteiger partial charge in [0.1, 0.15) is 11.5 Å². The first kappa shape index (κ1) is 16.6. The van der Waals surface area contributed by atoms with E-state index in [-0.39, 0.29) is 5.91 Å². The molecule has 4 heterocycles. The van der Waals surface area contributed by atoms with E-state index in [1.54, 1.807) is 11.3 Å². The van der Waals surface area contributed by atoms with E-state index in [0.29, 0.717) is 12.1 Å². The maximum atomic E-state index is 12.8. The van der Waals surface area contributed by atoms with Crippen LogP contribution in [0.1, 0.15) is 33.8 Å². The minimum atomic E-state index is -0.125. The molecule has 0 aliphatic carbocycles. The molecule has 132 valence electrons. The Hall–Kier alpha value is -2.86. The molecule has 1 amide bonds. The molecule has 0 aliphatic heterocycles. The normalized spacial score (nSPS) is 11.2. The van der Waals surface area contributed by atoms with E-state index in [2.05, 4.69) is 17.2 Å². The lowest BCUT2D eigenvalue weighted by atomic mass is 10.2. The minimum absolute atomic E-state index is 0.125. The van der Waals surface area contributed by atoms with Crippen LogP contribution in [0.15, 0.2) is 52.4 Å². The zero-order chi connectivity index (χ0) is 18.1. The van der Waals surface area contributed by atoms with Gasteiger partial charge in [-0.2, -0.15) is 0 Å². The predicted molar refractivity (Wildman–Crippen MR) is 102 cm³/mol. The molecule has 0 fully saturated rings. The van der Waals surface area contributed by atoms with Gasteiger partial charge < -0.3 is 14.1 Å². The molecule has 0 bridgehead atoms. The number of fused-ring (bicyclic) bond motifs is 1. The number of thiazole rings is 1. The summed E-state index contributed by atoms with van der Waals surface area (Å²) < 4.78 is 7.53. The molecule has 1 N–H and O–H groups in total. The summed E-state index contributed by atoms with van der Waals surface area (Å²) in [7, 11) is 0. The van der Waals surface area contributed by atoms with Crippen molar-refractivity contribution in [1.82, 2.24) is 14.7 Å². The Balaban J connectivity index is 1.67. The van der Waals surface area contributed by atoms with Crippen LogP contribution in [0.25, 0.3) is 16.9 Å². The number of carbonyl (C=O) groups is 1. The number of amides is 1. The van der Waals surface area contributed by atoms with Crippen LogP contribution in [-0.2, 0) is 13.0 Å². The van der Waals surface area contributed by atoms with Crippen molar-refractivity contribution >= 4 is 22.8 Å². The molecule has 6 heteroatoms. The first-order valence-corrected chi connectivity index (χ1v) is 9.42. The number of furan rings is 1. The van der Waals surface area contributed by atoms with Gasteiger partial charge in [-0.05, 0) is 43.7 Å². The van der Waals surface area contributed by atoms with Crippen LogP contribution in [0.2, 0.25) is 0 Å². The molecule has 0 aromatic carbocycles. The van der Waals surface area contributed by atoms with Crippen LogP contribution in [0.5, 0.6) is 0 Å². The van der Waals surface area contributed by atoms with Crippen LogP contribution in [-0.4, -0.2) is 15.3 Å². The van der Waals surface area contributed by atoms with Gasteiger partial charge in [-0.15, -0.1) is 11.3 Å². The summed E-state index contributed by atoms with van der Waals surface area (Å²) in [5.41, 5.74) is 3.32. The average Bonchev–Trinajstić information content (AvgIpc) is 3.37. The Morgan fingerprint density at radius 3 is 2.92 bits per heavy atom. The van der Waals surface area contributed by atoms with Crippen molar-refractivity contribution in [1.29, 1.82) is 0 Å². The summed E-state index contributed by atoms with van der Waals surface area (Å²) in [5, 5.41) is 6.07. The largest absolute Gasteiger partial charge is 0.465 e. The summed E-state index contributed by atoms with van der Waals surface area (Å²) >= 11 is 1.64. The van der Waals surface area contributed by atoms with Gasteiger partial charge >= 0.3 is 0 Å². The van der Waals surface area contributed by atoms with E-state index in [1.807, 2.05) is 59.3 Å². The van der Waals surface area contributed by atoms with E-state index in [9.17, 15) is 4.79 Å².